The normalized spacial score (nSPS) is 15.3. The summed E-state index contributed by atoms with van der Waals surface area (Å²) in [7, 11) is -2.34. The molecule has 1 amide bonds. The summed E-state index contributed by atoms with van der Waals surface area (Å²) in [4.78, 5) is 13.6. The first kappa shape index (κ1) is 14.8. The second kappa shape index (κ2) is 6.23. The van der Waals surface area contributed by atoms with Crippen LogP contribution in [0.15, 0.2) is 29.2 Å². The predicted molar refractivity (Wildman–Crippen MR) is 74.0 cm³/mol. The maximum Gasteiger partial charge on any atom is 0.244 e. The number of rotatable bonds is 5. The maximum atomic E-state index is 12.2. The fourth-order valence-electron chi connectivity index (χ4n) is 2.15. The second-order valence-electron chi connectivity index (χ2n) is 4.56. The lowest BCUT2D eigenvalue weighted by atomic mass is 10.3. The zero-order valence-corrected chi connectivity index (χ0v) is 12.1. The molecule has 1 heterocycles. The number of ether oxygens (including phenoxy) is 1. The minimum atomic E-state index is -3.75. The molecule has 0 radical (unpaired) electrons. The van der Waals surface area contributed by atoms with Crippen LogP contribution < -0.4 is 9.46 Å². The van der Waals surface area contributed by atoms with Gasteiger partial charge in [-0.3, -0.25) is 4.79 Å². The number of benzene rings is 1. The molecular formula is C13H18N2O4S. The summed E-state index contributed by atoms with van der Waals surface area (Å²) >= 11 is 0. The Bertz CT molecular complexity index is 580. The molecule has 20 heavy (non-hydrogen) atoms. The molecule has 1 aliphatic rings. The molecule has 0 saturated carbocycles. The quantitative estimate of drug-likeness (QED) is 0.863. The lowest BCUT2D eigenvalue weighted by Gasteiger charge is -2.16. The van der Waals surface area contributed by atoms with Crippen LogP contribution in [0.5, 0.6) is 5.75 Å². The molecule has 0 aromatic heterocycles. The first-order valence-electron chi connectivity index (χ1n) is 6.45. The number of nitrogens with one attached hydrogen (secondary N) is 1. The molecule has 1 saturated heterocycles. The van der Waals surface area contributed by atoms with Crippen molar-refractivity contribution in [2.75, 3.05) is 26.7 Å². The van der Waals surface area contributed by atoms with Gasteiger partial charge in [0, 0.05) is 13.1 Å². The van der Waals surface area contributed by atoms with Crippen molar-refractivity contribution in [2.24, 2.45) is 0 Å². The van der Waals surface area contributed by atoms with E-state index in [1.165, 1.54) is 13.2 Å². The van der Waals surface area contributed by atoms with Gasteiger partial charge in [0.2, 0.25) is 15.9 Å². The van der Waals surface area contributed by atoms with E-state index < -0.39 is 10.0 Å². The van der Waals surface area contributed by atoms with Gasteiger partial charge in [0.05, 0.1) is 13.7 Å². The third-order valence-electron chi connectivity index (χ3n) is 3.23. The summed E-state index contributed by atoms with van der Waals surface area (Å²) in [5.74, 6) is 0.0644. The smallest absolute Gasteiger partial charge is 0.244 e. The molecule has 1 aromatic rings. The summed E-state index contributed by atoms with van der Waals surface area (Å²) in [6.07, 6.45) is 1.95. The number of hydrogen-bond donors (Lipinski definition) is 1. The Balaban J connectivity index is 2.05. The fourth-order valence-corrected chi connectivity index (χ4v) is 3.30. The van der Waals surface area contributed by atoms with Crippen molar-refractivity contribution in [1.29, 1.82) is 0 Å². The molecule has 0 bridgehead atoms. The van der Waals surface area contributed by atoms with E-state index >= 15 is 0 Å². The minimum absolute atomic E-state index is 0.0386. The Morgan fingerprint density at radius 3 is 2.60 bits per heavy atom. The van der Waals surface area contributed by atoms with Crippen LogP contribution in [-0.4, -0.2) is 46.0 Å². The Hall–Kier alpha value is -1.60. The highest BCUT2D eigenvalue weighted by Crippen LogP contribution is 2.22. The van der Waals surface area contributed by atoms with Gasteiger partial charge in [-0.2, -0.15) is 0 Å². The Morgan fingerprint density at radius 2 is 1.95 bits per heavy atom. The molecular weight excluding hydrogens is 280 g/mol. The summed E-state index contributed by atoms with van der Waals surface area (Å²) in [5, 5.41) is 0. The number of carbonyl (C=O) groups excluding carboxylic acids is 1. The van der Waals surface area contributed by atoms with Crippen LogP contribution in [-0.2, 0) is 14.8 Å². The Labute approximate surface area is 118 Å². The van der Waals surface area contributed by atoms with Crippen LogP contribution in [0.1, 0.15) is 12.8 Å². The third kappa shape index (κ3) is 3.29. The summed E-state index contributed by atoms with van der Waals surface area (Å²) in [6, 6.07) is 6.31. The predicted octanol–water partition coefficient (Wildman–Crippen LogP) is 0.596. The van der Waals surface area contributed by atoms with E-state index in [9.17, 15) is 13.2 Å². The van der Waals surface area contributed by atoms with Crippen molar-refractivity contribution in [3.63, 3.8) is 0 Å². The number of nitrogens with zero attached hydrogens (tertiary/aromatic N) is 1. The lowest BCUT2D eigenvalue weighted by Crippen LogP contribution is -2.38. The van der Waals surface area contributed by atoms with Gasteiger partial charge >= 0.3 is 0 Å². The van der Waals surface area contributed by atoms with E-state index in [1.54, 1.807) is 23.1 Å². The van der Waals surface area contributed by atoms with Gasteiger partial charge < -0.3 is 9.64 Å². The number of para-hydroxylation sites is 1. The van der Waals surface area contributed by atoms with Crippen LogP contribution in [0, 0.1) is 0 Å². The number of amides is 1. The van der Waals surface area contributed by atoms with E-state index in [-0.39, 0.29) is 23.1 Å². The molecule has 2 rings (SSSR count). The fraction of sp³-hybridized carbons (Fsp3) is 0.462. The van der Waals surface area contributed by atoms with Crippen molar-refractivity contribution in [1.82, 2.24) is 9.62 Å². The number of methoxy groups -OCH3 is 1. The number of likely N-dealkylation sites (tertiary alicyclic amines) is 1. The lowest BCUT2D eigenvalue weighted by molar-refractivity contribution is -0.128. The van der Waals surface area contributed by atoms with Crippen LogP contribution in [0.2, 0.25) is 0 Å². The Morgan fingerprint density at radius 1 is 1.30 bits per heavy atom. The first-order valence-corrected chi connectivity index (χ1v) is 7.93. The molecule has 7 heteroatoms. The van der Waals surface area contributed by atoms with Crippen LogP contribution in [0.25, 0.3) is 0 Å². The Kier molecular flexibility index (Phi) is 4.61. The van der Waals surface area contributed by atoms with E-state index in [4.69, 9.17) is 4.74 Å². The van der Waals surface area contributed by atoms with Crippen LogP contribution in [0.4, 0.5) is 0 Å². The summed E-state index contributed by atoms with van der Waals surface area (Å²) < 4.78 is 31.7. The van der Waals surface area contributed by atoms with Crippen molar-refractivity contribution in [3.05, 3.63) is 24.3 Å². The van der Waals surface area contributed by atoms with Crippen LogP contribution in [0.3, 0.4) is 0 Å². The molecule has 6 nitrogen and oxygen atoms in total. The highest BCUT2D eigenvalue weighted by molar-refractivity contribution is 7.89. The topological polar surface area (TPSA) is 75.7 Å². The molecule has 1 aliphatic heterocycles. The molecule has 1 aromatic carbocycles. The average molecular weight is 298 g/mol. The van der Waals surface area contributed by atoms with Gasteiger partial charge in [0.25, 0.3) is 0 Å². The van der Waals surface area contributed by atoms with Crippen LogP contribution >= 0.6 is 0 Å². The SMILES string of the molecule is COc1ccccc1S(=O)(=O)NCC(=O)N1CCCC1. The number of hydrogen-bond acceptors (Lipinski definition) is 4. The van der Waals surface area contributed by atoms with Gasteiger partial charge in [-0.15, -0.1) is 0 Å². The first-order chi connectivity index (χ1) is 9.54. The molecule has 1 fully saturated rings. The second-order valence-corrected chi connectivity index (χ2v) is 6.30. The van der Waals surface area contributed by atoms with Gasteiger partial charge in [-0.05, 0) is 25.0 Å². The zero-order chi connectivity index (χ0) is 14.6. The minimum Gasteiger partial charge on any atom is -0.495 e. The molecule has 0 unspecified atom stereocenters. The number of carbonyl (C=O) groups is 1. The summed E-state index contributed by atoms with van der Waals surface area (Å²) in [5.41, 5.74) is 0. The van der Waals surface area contributed by atoms with Gasteiger partial charge in [-0.25, -0.2) is 13.1 Å². The maximum absolute atomic E-state index is 12.2. The van der Waals surface area contributed by atoms with E-state index in [0.29, 0.717) is 13.1 Å². The van der Waals surface area contributed by atoms with Gasteiger partial charge in [-0.1, -0.05) is 12.1 Å². The molecule has 1 N–H and O–H groups in total. The molecule has 0 spiro atoms. The average Bonchev–Trinajstić information content (AvgIpc) is 2.99. The third-order valence-corrected chi connectivity index (χ3v) is 4.67. The van der Waals surface area contributed by atoms with E-state index in [1.807, 2.05) is 0 Å². The van der Waals surface area contributed by atoms with Gasteiger partial charge in [0.15, 0.2) is 0 Å². The van der Waals surface area contributed by atoms with Crippen molar-refractivity contribution < 1.29 is 17.9 Å². The molecule has 0 aliphatic carbocycles. The summed E-state index contributed by atoms with van der Waals surface area (Å²) in [6.45, 7) is 1.19. The zero-order valence-electron chi connectivity index (χ0n) is 11.3. The highest BCUT2D eigenvalue weighted by Gasteiger charge is 2.23. The van der Waals surface area contributed by atoms with Crippen molar-refractivity contribution >= 4 is 15.9 Å². The van der Waals surface area contributed by atoms with Gasteiger partial charge in [0.1, 0.15) is 10.6 Å². The molecule has 0 atom stereocenters. The van der Waals surface area contributed by atoms with Crippen molar-refractivity contribution in [2.45, 2.75) is 17.7 Å². The monoisotopic (exact) mass is 298 g/mol. The molecule has 110 valence electrons. The largest absolute Gasteiger partial charge is 0.495 e. The van der Waals surface area contributed by atoms with Crippen molar-refractivity contribution in [3.8, 4) is 5.75 Å². The van der Waals surface area contributed by atoms with E-state index in [2.05, 4.69) is 4.72 Å². The highest BCUT2D eigenvalue weighted by atomic mass is 32.2. The standard InChI is InChI=1S/C13H18N2O4S/c1-19-11-6-2-3-7-12(11)20(17,18)14-10-13(16)15-8-4-5-9-15/h2-3,6-7,14H,4-5,8-10H2,1H3. The number of sulfonamides is 1. The van der Waals surface area contributed by atoms with E-state index in [0.717, 1.165) is 12.8 Å².